The molecule has 2 atom stereocenters. The van der Waals surface area contributed by atoms with Gasteiger partial charge in [0.15, 0.2) is 0 Å². The van der Waals surface area contributed by atoms with Gasteiger partial charge in [0, 0.05) is 23.0 Å². The van der Waals surface area contributed by atoms with Crippen molar-refractivity contribution < 1.29 is 9.13 Å². The van der Waals surface area contributed by atoms with Gasteiger partial charge in [-0.2, -0.15) is 0 Å². The van der Waals surface area contributed by atoms with E-state index < -0.39 is 0 Å². The summed E-state index contributed by atoms with van der Waals surface area (Å²) in [5.41, 5.74) is 1.93. The van der Waals surface area contributed by atoms with Crippen molar-refractivity contribution in [1.82, 2.24) is 5.32 Å². The van der Waals surface area contributed by atoms with Crippen LogP contribution >= 0.6 is 11.6 Å². The van der Waals surface area contributed by atoms with Crippen LogP contribution in [-0.2, 0) is 0 Å². The average molecular weight is 306 g/mol. The summed E-state index contributed by atoms with van der Waals surface area (Å²) in [6.45, 7) is 2.92. The zero-order valence-electron chi connectivity index (χ0n) is 11.8. The van der Waals surface area contributed by atoms with Crippen LogP contribution in [0.3, 0.4) is 0 Å². The van der Waals surface area contributed by atoms with Crippen LogP contribution in [0.1, 0.15) is 36.6 Å². The summed E-state index contributed by atoms with van der Waals surface area (Å²) < 4.78 is 19.5. The van der Waals surface area contributed by atoms with Crippen LogP contribution in [0.2, 0.25) is 5.02 Å². The predicted molar refractivity (Wildman–Crippen MR) is 82.3 cm³/mol. The largest absolute Gasteiger partial charge is 0.485 e. The van der Waals surface area contributed by atoms with Crippen molar-refractivity contribution in [2.45, 2.75) is 25.5 Å². The fraction of sp³-hybridized carbons (Fsp3) is 0.294. The van der Waals surface area contributed by atoms with E-state index in [0.717, 1.165) is 29.8 Å². The van der Waals surface area contributed by atoms with Crippen LogP contribution in [0.25, 0.3) is 0 Å². The lowest BCUT2D eigenvalue weighted by Crippen LogP contribution is -2.29. The van der Waals surface area contributed by atoms with Gasteiger partial charge in [-0.25, -0.2) is 4.39 Å². The molecule has 21 heavy (non-hydrogen) atoms. The van der Waals surface area contributed by atoms with E-state index in [1.165, 1.54) is 12.1 Å². The smallest absolute Gasteiger partial charge is 0.126 e. The molecule has 0 saturated heterocycles. The number of ether oxygens (including phenoxy) is 1. The second-order valence-electron chi connectivity index (χ2n) is 5.19. The highest BCUT2D eigenvalue weighted by molar-refractivity contribution is 6.30. The van der Waals surface area contributed by atoms with Gasteiger partial charge in [-0.05, 0) is 42.4 Å². The number of rotatable bonds is 3. The number of fused-ring (bicyclic) bond motifs is 1. The number of hydrogen-bond donors (Lipinski definition) is 1. The Hall–Kier alpha value is -1.58. The Bertz CT molecular complexity index is 646. The molecule has 0 amide bonds. The van der Waals surface area contributed by atoms with Crippen molar-refractivity contribution in [2.24, 2.45) is 0 Å². The van der Waals surface area contributed by atoms with Crippen LogP contribution in [0.4, 0.5) is 4.39 Å². The lowest BCUT2D eigenvalue weighted by molar-refractivity contribution is 0.152. The van der Waals surface area contributed by atoms with Crippen LogP contribution < -0.4 is 10.1 Å². The van der Waals surface area contributed by atoms with Crippen LogP contribution in [-0.4, -0.2) is 6.54 Å². The van der Waals surface area contributed by atoms with Gasteiger partial charge < -0.3 is 10.1 Å². The van der Waals surface area contributed by atoms with E-state index in [1.807, 2.05) is 24.3 Å². The predicted octanol–water partition coefficient (Wildman–Crippen LogP) is 4.65. The van der Waals surface area contributed by atoms with E-state index in [-0.39, 0.29) is 18.0 Å². The van der Waals surface area contributed by atoms with E-state index in [9.17, 15) is 4.39 Å². The van der Waals surface area contributed by atoms with Gasteiger partial charge in [0.25, 0.3) is 0 Å². The van der Waals surface area contributed by atoms with E-state index in [0.29, 0.717) is 5.02 Å². The molecular weight excluding hydrogens is 289 g/mol. The molecule has 2 aromatic carbocycles. The molecule has 110 valence electrons. The minimum atomic E-state index is -0.238. The minimum Gasteiger partial charge on any atom is -0.485 e. The first-order chi connectivity index (χ1) is 10.2. The molecule has 0 saturated carbocycles. The lowest BCUT2D eigenvalue weighted by atomic mass is 9.93. The third-order valence-electron chi connectivity index (χ3n) is 3.74. The summed E-state index contributed by atoms with van der Waals surface area (Å²) in [5.74, 6) is 0.573. The van der Waals surface area contributed by atoms with Crippen molar-refractivity contribution in [3.8, 4) is 5.75 Å². The average Bonchev–Trinajstić information content (AvgIpc) is 2.48. The second kappa shape index (κ2) is 6.04. The van der Waals surface area contributed by atoms with Gasteiger partial charge in [0.2, 0.25) is 0 Å². The molecule has 0 fully saturated rings. The molecule has 0 aromatic heterocycles. The molecule has 1 N–H and O–H groups in total. The quantitative estimate of drug-likeness (QED) is 0.891. The molecule has 2 unspecified atom stereocenters. The summed E-state index contributed by atoms with van der Waals surface area (Å²) in [6.07, 6.45) is 0.600. The first kappa shape index (κ1) is 14.4. The molecular formula is C17H17ClFNO. The van der Waals surface area contributed by atoms with Crippen LogP contribution in [0.15, 0.2) is 42.5 Å². The summed E-state index contributed by atoms with van der Waals surface area (Å²) >= 11 is 6.08. The zero-order valence-corrected chi connectivity index (χ0v) is 12.5. The van der Waals surface area contributed by atoms with E-state index in [4.69, 9.17) is 16.3 Å². The van der Waals surface area contributed by atoms with Gasteiger partial charge in [-0.1, -0.05) is 30.7 Å². The molecule has 2 nitrogen and oxygen atoms in total. The van der Waals surface area contributed by atoms with E-state index in [2.05, 4.69) is 12.2 Å². The third kappa shape index (κ3) is 3.04. The van der Waals surface area contributed by atoms with Crippen molar-refractivity contribution in [1.29, 1.82) is 0 Å². The Labute approximate surface area is 128 Å². The summed E-state index contributed by atoms with van der Waals surface area (Å²) in [6, 6.07) is 12.4. The topological polar surface area (TPSA) is 21.3 Å². The Morgan fingerprint density at radius 1 is 1.29 bits per heavy atom. The molecule has 0 bridgehead atoms. The summed E-state index contributed by atoms with van der Waals surface area (Å²) in [7, 11) is 0. The van der Waals surface area contributed by atoms with Crippen molar-refractivity contribution in [3.63, 3.8) is 0 Å². The Balaban J connectivity index is 1.95. The van der Waals surface area contributed by atoms with E-state index in [1.54, 1.807) is 6.07 Å². The number of halogens is 2. The lowest BCUT2D eigenvalue weighted by Gasteiger charge is -2.33. The number of hydrogen-bond acceptors (Lipinski definition) is 2. The first-order valence-electron chi connectivity index (χ1n) is 7.12. The van der Waals surface area contributed by atoms with Crippen molar-refractivity contribution in [2.75, 3.05) is 6.54 Å². The summed E-state index contributed by atoms with van der Waals surface area (Å²) in [4.78, 5) is 0. The maximum Gasteiger partial charge on any atom is 0.126 e. The number of nitrogens with one attached hydrogen (secondary N) is 1. The van der Waals surface area contributed by atoms with Gasteiger partial charge in [0.05, 0.1) is 0 Å². The van der Waals surface area contributed by atoms with Crippen LogP contribution in [0, 0.1) is 5.82 Å². The fourth-order valence-corrected chi connectivity index (χ4v) is 2.97. The zero-order chi connectivity index (χ0) is 14.8. The second-order valence-corrected chi connectivity index (χ2v) is 5.63. The highest BCUT2D eigenvalue weighted by Crippen LogP contribution is 2.41. The molecule has 3 rings (SSSR count). The monoisotopic (exact) mass is 305 g/mol. The maximum absolute atomic E-state index is 13.4. The van der Waals surface area contributed by atoms with E-state index >= 15 is 0 Å². The molecule has 0 radical (unpaired) electrons. The van der Waals surface area contributed by atoms with Crippen molar-refractivity contribution in [3.05, 3.63) is 64.4 Å². The molecule has 4 heteroatoms. The highest BCUT2D eigenvalue weighted by atomic mass is 35.5. The molecule has 1 aliphatic rings. The Kier molecular flexibility index (Phi) is 4.13. The van der Waals surface area contributed by atoms with Gasteiger partial charge in [-0.3, -0.25) is 0 Å². The SMILES string of the molecule is CCNC1CC(c2cccc(F)c2)Oc2ccc(Cl)cc21. The van der Waals surface area contributed by atoms with Crippen LogP contribution in [0.5, 0.6) is 5.75 Å². The Morgan fingerprint density at radius 2 is 2.14 bits per heavy atom. The third-order valence-corrected chi connectivity index (χ3v) is 3.97. The molecule has 2 aromatic rings. The number of benzene rings is 2. The van der Waals surface area contributed by atoms with Gasteiger partial charge in [0.1, 0.15) is 17.7 Å². The van der Waals surface area contributed by atoms with Gasteiger partial charge >= 0.3 is 0 Å². The molecule has 0 spiro atoms. The van der Waals surface area contributed by atoms with Gasteiger partial charge in [-0.15, -0.1) is 0 Å². The normalized spacial score (nSPS) is 20.7. The Morgan fingerprint density at radius 3 is 2.90 bits per heavy atom. The summed E-state index contributed by atoms with van der Waals surface area (Å²) in [5, 5.41) is 4.15. The maximum atomic E-state index is 13.4. The molecule has 1 heterocycles. The van der Waals surface area contributed by atoms with Crippen molar-refractivity contribution >= 4 is 11.6 Å². The standard InChI is InChI=1S/C17H17ClFNO/c1-2-20-15-10-17(11-4-3-5-13(19)8-11)21-16-7-6-12(18)9-14(15)16/h3-9,15,17,20H,2,10H2,1H3. The minimum absolute atomic E-state index is 0.154. The first-order valence-corrected chi connectivity index (χ1v) is 7.50. The molecule has 0 aliphatic carbocycles. The fourth-order valence-electron chi connectivity index (χ4n) is 2.79. The molecule has 1 aliphatic heterocycles. The highest BCUT2D eigenvalue weighted by Gasteiger charge is 2.29.